The molecule has 0 unspecified atom stereocenters. The molecular formula is C31H27N3O5S3. The van der Waals surface area contributed by atoms with Crippen LogP contribution in [0.3, 0.4) is 0 Å². The Morgan fingerprint density at radius 3 is 2.62 bits per heavy atom. The SMILES string of the molecule is CCOC(=O)c1c(-c2ccc(OC)cc2)csc1NC(=O)CSc1nc2sc3c(c2c(=O)n1-c1ccccc1)CCC3. The number of esters is 1. The first-order chi connectivity index (χ1) is 20.5. The number of thiophene rings is 2. The van der Waals surface area contributed by atoms with Crippen molar-refractivity contribution in [3.63, 3.8) is 0 Å². The molecule has 0 bridgehead atoms. The van der Waals surface area contributed by atoms with Crippen LogP contribution in [0.4, 0.5) is 5.00 Å². The molecule has 2 aromatic carbocycles. The highest BCUT2D eigenvalue weighted by molar-refractivity contribution is 7.99. The minimum atomic E-state index is -0.511. The summed E-state index contributed by atoms with van der Waals surface area (Å²) >= 11 is 4.02. The molecule has 0 atom stereocenters. The van der Waals surface area contributed by atoms with E-state index in [0.29, 0.717) is 42.9 Å². The number of carbonyl (C=O) groups is 2. The third-order valence-electron chi connectivity index (χ3n) is 6.98. The van der Waals surface area contributed by atoms with Crippen LogP contribution in [0.2, 0.25) is 0 Å². The van der Waals surface area contributed by atoms with Crippen molar-refractivity contribution in [1.82, 2.24) is 9.55 Å². The predicted molar refractivity (Wildman–Crippen MR) is 169 cm³/mol. The van der Waals surface area contributed by atoms with Crippen molar-refractivity contribution < 1.29 is 19.1 Å². The number of hydrogen-bond donors (Lipinski definition) is 1. The van der Waals surface area contributed by atoms with Gasteiger partial charge in [-0.3, -0.25) is 14.2 Å². The lowest BCUT2D eigenvalue weighted by atomic mass is 10.0. The number of hydrogen-bond acceptors (Lipinski definition) is 9. The van der Waals surface area contributed by atoms with Gasteiger partial charge in [0.25, 0.3) is 5.56 Å². The summed E-state index contributed by atoms with van der Waals surface area (Å²) in [6.45, 7) is 1.95. The average Bonchev–Trinajstić information content (AvgIpc) is 3.72. The van der Waals surface area contributed by atoms with E-state index in [1.807, 2.05) is 60.0 Å². The van der Waals surface area contributed by atoms with Crippen LogP contribution < -0.4 is 15.6 Å². The molecule has 1 amide bonds. The lowest BCUT2D eigenvalue weighted by Crippen LogP contribution is -2.23. The second-order valence-corrected chi connectivity index (χ2v) is 12.5. The summed E-state index contributed by atoms with van der Waals surface area (Å²) in [6.07, 6.45) is 2.90. The molecule has 8 nitrogen and oxygen atoms in total. The largest absolute Gasteiger partial charge is 0.497 e. The van der Waals surface area contributed by atoms with Gasteiger partial charge in [-0.1, -0.05) is 42.1 Å². The van der Waals surface area contributed by atoms with Gasteiger partial charge in [-0.15, -0.1) is 22.7 Å². The third-order valence-corrected chi connectivity index (χ3v) is 10.00. The minimum absolute atomic E-state index is 0.00605. The zero-order chi connectivity index (χ0) is 29.2. The first kappa shape index (κ1) is 28.2. The fourth-order valence-electron chi connectivity index (χ4n) is 5.06. The quantitative estimate of drug-likeness (QED) is 0.113. The first-order valence-electron chi connectivity index (χ1n) is 13.5. The zero-order valence-corrected chi connectivity index (χ0v) is 25.4. The molecule has 1 aliphatic rings. The minimum Gasteiger partial charge on any atom is -0.497 e. The van der Waals surface area contributed by atoms with Gasteiger partial charge in [-0.05, 0) is 61.6 Å². The lowest BCUT2D eigenvalue weighted by Gasteiger charge is -2.13. The van der Waals surface area contributed by atoms with Crippen molar-refractivity contribution in [2.24, 2.45) is 0 Å². The Hall–Kier alpha value is -3.93. The van der Waals surface area contributed by atoms with E-state index in [1.165, 1.54) is 28.0 Å². The Bertz CT molecular complexity index is 1840. The number of anilines is 1. The van der Waals surface area contributed by atoms with Crippen LogP contribution in [0.1, 0.15) is 34.1 Å². The molecule has 5 aromatic rings. The number of methoxy groups -OCH3 is 1. The molecule has 42 heavy (non-hydrogen) atoms. The van der Waals surface area contributed by atoms with Gasteiger partial charge < -0.3 is 14.8 Å². The maximum atomic E-state index is 13.8. The van der Waals surface area contributed by atoms with Crippen molar-refractivity contribution in [2.45, 2.75) is 31.3 Å². The van der Waals surface area contributed by atoms with Crippen molar-refractivity contribution in [3.05, 3.63) is 86.3 Å². The van der Waals surface area contributed by atoms with Crippen LogP contribution in [-0.2, 0) is 22.4 Å². The summed E-state index contributed by atoms with van der Waals surface area (Å²) in [6, 6.07) is 16.7. The maximum Gasteiger partial charge on any atom is 0.341 e. The smallest absolute Gasteiger partial charge is 0.341 e. The van der Waals surface area contributed by atoms with E-state index in [2.05, 4.69) is 5.32 Å². The Labute approximate surface area is 254 Å². The van der Waals surface area contributed by atoms with E-state index in [0.717, 1.165) is 30.4 Å². The predicted octanol–water partition coefficient (Wildman–Crippen LogP) is 6.58. The number of nitrogens with zero attached hydrogens (tertiary/aromatic N) is 2. The van der Waals surface area contributed by atoms with E-state index in [9.17, 15) is 14.4 Å². The number of benzene rings is 2. The topological polar surface area (TPSA) is 99.5 Å². The van der Waals surface area contributed by atoms with Crippen LogP contribution in [0.25, 0.3) is 27.0 Å². The number of para-hydroxylation sites is 1. The summed E-state index contributed by atoms with van der Waals surface area (Å²) in [5.41, 5.74) is 3.48. The number of thioether (sulfide) groups is 1. The molecule has 0 spiro atoms. The van der Waals surface area contributed by atoms with E-state index in [-0.39, 0.29) is 23.8 Å². The number of aromatic nitrogens is 2. The highest BCUT2D eigenvalue weighted by Gasteiger charge is 2.26. The molecule has 0 fully saturated rings. The molecule has 1 N–H and O–H groups in total. The number of rotatable bonds is 9. The van der Waals surface area contributed by atoms with Crippen molar-refractivity contribution in [2.75, 3.05) is 24.8 Å². The average molecular weight is 618 g/mol. The number of aryl methyl sites for hydroxylation is 2. The zero-order valence-electron chi connectivity index (χ0n) is 23.0. The Morgan fingerprint density at radius 2 is 1.88 bits per heavy atom. The van der Waals surface area contributed by atoms with Gasteiger partial charge in [-0.25, -0.2) is 9.78 Å². The Balaban J connectivity index is 1.29. The van der Waals surface area contributed by atoms with E-state index >= 15 is 0 Å². The van der Waals surface area contributed by atoms with Gasteiger partial charge in [0.15, 0.2) is 5.16 Å². The fourth-order valence-corrected chi connectivity index (χ4v) is 8.15. The molecule has 0 saturated heterocycles. The van der Waals surface area contributed by atoms with Gasteiger partial charge in [0.05, 0.1) is 30.5 Å². The van der Waals surface area contributed by atoms with Gasteiger partial charge >= 0.3 is 5.97 Å². The van der Waals surface area contributed by atoms with Crippen LogP contribution in [0.5, 0.6) is 5.75 Å². The summed E-state index contributed by atoms with van der Waals surface area (Å²) < 4.78 is 12.2. The van der Waals surface area contributed by atoms with E-state index in [4.69, 9.17) is 14.5 Å². The van der Waals surface area contributed by atoms with E-state index in [1.54, 1.807) is 29.9 Å². The first-order valence-corrected chi connectivity index (χ1v) is 16.1. The van der Waals surface area contributed by atoms with Gasteiger partial charge in [0.2, 0.25) is 5.91 Å². The molecule has 6 rings (SSSR count). The maximum absolute atomic E-state index is 13.8. The third kappa shape index (κ3) is 5.35. The normalized spacial score (nSPS) is 12.3. The molecule has 214 valence electrons. The monoisotopic (exact) mass is 617 g/mol. The molecule has 11 heteroatoms. The number of fused-ring (bicyclic) bond motifs is 3. The van der Waals surface area contributed by atoms with Gasteiger partial charge in [0.1, 0.15) is 21.1 Å². The molecule has 0 aliphatic heterocycles. The summed E-state index contributed by atoms with van der Waals surface area (Å²) in [5, 5.41) is 6.27. The molecule has 3 heterocycles. The molecule has 0 radical (unpaired) electrons. The number of carbonyl (C=O) groups excluding carboxylic acids is 2. The summed E-state index contributed by atoms with van der Waals surface area (Å²) in [7, 11) is 1.59. The highest BCUT2D eigenvalue weighted by Crippen LogP contribution is 2.38. The van der Waals surface area contributed by atoms with Crippen LogP contribution in [0.15, 0.2) is 69.9 Å². The standard InChI is InChI=1S/C31H27N3O5S3/c1-3-39-30(37)26-22(18-12-14-20(38-2)15-13-18)16-40-27(26)32-24(35)17-41-31-33-28-25(21-10-7-11-23(21)42-28)29(36)34(31)19-8-5-4-6-9-19/h4-6,8-9,12-16H,3,7,10-11,17H2,1-2H3,(H,32,35). The van der Waals surface area contributed by atoms with Crippen LogP contribution >= 0.6 is 34.4 Å². The van der Waals surface area contributed by atoms with Crippen molar-refractivity contribution in [1.29, 1.82) is 0 Å². The van der Waals surface area contributed by atoms with E-state index < -0.39 is 5.97 Å². The second kappa shape index (κ2) is 12.1. The van der Waals surface area contributed by atoms with Crippen molar-refractivity contribution in [3.8, 4) is 22.6 Å². The second-order valence-electron chi connectivity index (χ2n) is 9.55. The highest BCUT2D eigenvalue weighted by atomic mass is 32.2. The number of nitrogens with one attached hydrogen (secondary N) is 1. The van der Waals surface area contributed by atoms with Crippen LogP contribution in [-0.4, -0.2) is 40.9 Å². The molecular weight excluding hydrogens is 591 g/mol. The Kier molecular flexibility index (Phi) is 8.14. The fraction of sp³-hybridized carbons (Fsp3) is 0.226. The number of amides is 1. The number of ether oxygens (including phenoxy) is 2. The van der Waals surface area contributed by atoms with Gasteiger partial charge in [0, 0.05) is 15.8 Å². The molecule has 0 saturated carbocycles. The van der Waals surface area contributed by atoms with Crippen LogP contribution in [0, 0.1) is 0 Å². The van der Waals surface area contributed by atoms with Gasteiger partial charge in [-0.2, -0.15) is 0 Å². The molecule has 1 aliphatic carbocycles. The molecule has 3 aromatic heterocycles. The Morgan fingerprint density at radius 1 is 1.10 bits per heavy atom. The van der Waals surface area contributed by atoms with Crippen molar-refractivity contribution >= 4 is 61.5 Å². The summed E-state index contributed by atoms with van der Waals surface area (Å²) in [5.74, 6) is -0.141. The summed E-state index contributed by atoms with van der Waals surface area (Å²) in [4.78, 5) is 46.9. The lowest BCUT2D eigenvalue weighted by molar-refractivity contribution is -0.113.